The molecule has 0 saturated carbocycles. The van der Waals surface area contributed by atoms with Crippen molar-refractivity contribution in [3.8, 4) is 28.8 Å². The minimum atomic E-state index is -0.371. The first-order valence-electron chi connectivity index (χ1n) is 12.9. The molecule has 1 aromatic heterocycles. The highest BCUT2D eigenvalue weighted by molar-refractivity contribution is 6.32. The average Bonchev–Trinajstić information content (AvgIpc) is 3.00. The van der Waals surface area contributed by atoms with Crippen LogP contribution in [0.4, 0.5) is 0 Å². The Balaban J connectivity index is 1.37. The van der Waals surface area contributed by atoms with Crippen molar-refractivity contribution in [2.75, 3.05) is 6.61 Å². The Hall–Kier alpha value is -5.19. The van der Waals surface area contributed by atoms with Gasteiger partial charge in [0.25, 0.3) is 5.91 Å². The zero-order valence-electron chi connectivity index (χ0n) is 22.2. The third-order valence-electron chi connectivity index (χ3n) is 6.25. The van der Waals surface area contributed by atoms with Crippen molar-refractivity contribution in [1.29, 1.82) is 5.26 Å². The molecule has 1 N–H and O–H groups in total. The smallest absolute Gasteiger partial charge is 0.272 e. The molecular formula is C33H25ClN4O3. The molecule has 0 radical (unpaired) electrons. The third kappa shape index (κ3) is 6.35. The van der Waals surface area contributed by atoms with E-state index in [1.165, 1.54) is 6.21 Å². The number of nitriles is 1. The third-order valence-corrected chi connectivity index (χ3v) is 6.53. The molecule has 7 nitrogen and oxygen atoms in total. The van der Waals surface area contributed by atoms with Gasteiger partial charge in [0.05, 0.1) is 46.3 Å². The number of nitrogens with one attached hydrogen (secondary N) is 1. The van der Waals surface area contributed by atoms with Gasteiger partial charge < -0.3 is 9.47 Å². The van der Waals surface area contributed by atoms with Crippen LogP contribution in [0.3, 0.4) is 0 Å². The van der Waals surface area contributed by atoms with E-state index in [9.17, 15) is 10.1 Å². The summed E-state index contributed by atoms with van der Waals surface area (Å²) in [6, 6.07) is 31.7. The van der Waals surface area contributed by atoms with Crippen LogP contribution in [0.25, 0.3) is 22.2 Å². The maximum atomic E-state index is 13.2. The number of rotatable bonds is 9. The fourth-order valence-corrected chi connectivity index (χ4v) is 4.59. The second-order valence-corrected chi connectivity index (χ2v) is 9.37. The normalized spacial score (nSPS) is 10.9. The zero-order chi connectivity index (χ0) is 28.6. The summed E-state index contributed by atoms with van der Waals surface area (Å²) in [5, 5.41) is 14.6. The van der Waals surface area contributed by atoms with Gasteiger partial charge in [-0.3, -0.25) is 4.79 Å². The Morgan fingerprint density at radius 1 is 1.00 bits per heavy atom. The van der Waals surface area contributed by atoms with Crippen LogP contribution in [0, 0.1) is 11.3 Å². The van der Waals surface area contributed by atoms with E-state index in [2.05, 4.69) is 16.6 Å². The number of hydrazone groups is 1. The highest BCUT2D eigenvalue weighted by atomic mass is 35.5. The van der Waals surface area contributed by atoms with E-state index in [4.69, 9.17) is 26.1 Å². The summed E-state index contributed by atoms with van der Waals surface area (Å²) in [4.78, 5) is 18.0. The summed E-state index contributed by atoms with van der Waals surface area (Å²) in [6.07, 6.45) is 1.49. The highest BCUT2D eigenvalue weighted by Gasteiger charge is 2.15. The van der Waals surface area contributed by atoms with Crippen molar-refractivity contribution in [2.45, 2.75) is 13.5 Å². The summed E-state index contributed by atoms with van der Waals surface area (Å²) >= 11 is 6.56. The molecular weight excluding hydrogens is 536 g/mol. The molecule has 8 heteroatoms. The maximum absolute atomic E-state index is 13.2. The van der Waals surface area contributed by atoms with E-state index in [-0.39, 0.29) is 12.5 Å². The van der Waals surface area contributed by atoms with E-state index >= 15 is 0 Å². The van der Waals surface area contributed by atoms with Crippen LogP contribution in [-0.4, -0.2) is 23.7 Å². The van der Waals surface area contributed by atoms with Crippen LogP contribution < -0.4 is 14.9 Å². The number of hydrogen-bond acceptors (Lipinski definition) is 6. The number of aromatic nitrogens is 1. The van der Waals surface area contributed by atoms with Crippen molar-refractivity contribution in [2.24, 2.45) is 5.10 Å². The zero-order valence-corrected chi connectivity index (χ0v) is 22.9. The Morgan fingerprint density at radius 3 is 2.56 bits per heavy atom. The van der Waals surface area contributed by atoms with Gasteiger partial charge in [-0.2, -0.15) is 10.4 Å². The molecule has 1 amide bonds. The van der Waals surface area contributed by atoms with Gasteiger partial charge in [0.15, 0.2) is 11.5 Å². The first-order chi connectivity index (χ1) is 20.1. The summed E-state index contributed by atoms with van der Waals surface area (Å²) in [5.41, 5.74) is 7.26. The molecule has 1 heterocycles. The van der Waals surface area contributed by atoms with Gasteiger partial charge in [0, 0.05) is 16.5 Å². The van der Waals surface area contributed by atoms with Crippen LogP contribution in [0.15, 0.2) is 102 Å². The SMILES string of the molecule is CCOc1cc(/C=N/NC(=O)c2cc(-c3ccccc3)nc3ccccc23)cc(Cl)c1OCc1ccccc1C#N. The van der Waals surface area contributed by atoms with Crippen molar-refractivity contribution in [1.82, 2.24) is 10.4 Å². The predicted molar refractivity (Wildman–Crippen MR) is 160 cm³/mol. The first-order valence-corrected chi connectivity index (χ1v) is 13.3. The number of carbonyl (C=O) groups is 1. The highest BCUT2D eigenvalue weighted by Crippen LogP contribution is 2.37. The molecule has 0 fully saturated rings. The average molecular weight is 561 g/mol. The summed E-state index contributed by atoms with van der Waals surface area (Å²) in [5.74, 6) is 0.415. The van der Waals surface area contributed by atoms with Crippen LogP contribution in [0.2, 0.25) is 5.02 Å². The minimum Gasteiger partial charge on any atom is -0.490 e. The molecule has 5 rings (SSSR count). The van der Waals surface area contributed by atoms with Gasteiger partial charge in [-0.1, -0.05) is 78.3 Å². The van der Waals surface area contributed by atoms with Gasteiger partial charge in [-0.05, 0) is 42.8 Å². The van der Waals surface area contributed by atoms with E-state index in [1.54, 1.807) is 30.3 Å². The molecule has 0 unspecified atom stereocenters. The number of pyridine rings is 1. The number of ether oxygens (including phenoxy) is 2. The summed E-state index contributed by atoms with van der Waals surface area (Å²) in [6.45, 7) is 2.39. The predicted octanol–water partition coefficient (Wildman–Crippen LogP) is 7.17. The van der Waals surface area contributed by atoms with Gasteiger partial charge in [-0.15, -0.1) is 0 Å². The van der Waals surface area contributed by atoms with Crippen LogP contribution >= 0.6 is 11.6 Å². The molecule has 0 aliphatic carbocycles. The molecule has 0 atom stereocenters. The number of halogens is 1. The lowest BCUT2D eigenvalue weighted by molar-refractivity contribution is 0.0956. The van der Waals surface area contributed by atoms with Gasteiger partial charge in [0.1, 0.15) is 6.61 Å². The van der Waals surface area contributed by atoms with Gasteiger partial charge >= 0.3 is 0 Å². The molecule has 202 valence electrons. The number of benzene rings is 4. The molecule has 41 heavy (non-hydrogen) atoms. The Labute approximate surface area is 242 Å². The van der Waals surface area contributed by atoms with E-state index in [1.807, 2.05) is 73.7 Å². The van der Waals surface area contributed by atoms with Gasteiger partial charge in [-0.25, -0.2) is 10.4 Å². The Morgan fingerprint density at radius 2 is 1.76 bits per heavy atom. The Kier molecular flexibility index (Phi) is 8.53. The number of amides is 1. The van der Waals surface area contributed by atoms with Crippen LogP contribution in [-0.2, 0) is 6.61 Å². The minimum absolute atomic E-state index is 0.151. The largest absolute Gasteiger partial charge is 0.490 e. The monoisotopic (exact) mass is 560 g/mol. The molecule has 4 aromatic carbocycles. The number of fused-ring (bicyclic) bond motifs is 1. The van der Waals surface area contributed by atoms with Gasteiger partial charge in [0.2, 0.25) is 0 Å². The topological polar surface area (TPSA) is 96.6 Å². The maximum Gasteiger partial charge on any atom is 0.272 e. The molecule has 5 aromatic rings. The number of para-hydroxylation sites is 1. The number of nitrogens with zero attached hydrogens (tertiary/aromatic N) is 3. The molecule has 0 bridgehead atoms. The van der Waals surface area contributed by atoms with E-state index < -0.39 is 0 Å². The standard InChI is InChI=1S/C33H25ClN4O3/c1-2-40-31-17-22(16-28(34)32(31)41-21-25-13-7-6-12-24(25)19-35)20-36-38-33(39)27-18-30(23-10-4-3-5-11-23)37-29-15-9-8-14-26(27)29/h3-18,20H,2,21H2,1H3,(H,38,39)/b36-20+. The summed E-state index contributed by atoms with van der Waals surface area (Å²) in [7, 11) is 0. The summed E-state index contributed by atoms with van der Waals surface area (Å²) < 4.78 is 11.7. The van der Waals surface area contributed by atoms with E-state index in [0.29, 0.717) is 51.0 Å². The fourth-order valence-electron chi connectivity index (χ4n) is 4.32. The first kappa shape index (κ1) is 27.4. The second kappa shape index (κ2) is 12.8. The van der Waals surface area contributed by atoms with Crippen molar-refractivity contribution in [3.05, 3.63) is 124 Å². The number of hydrogen-bond donors (Lipinski definition) is 1. The van der Waals surface area contributed by atoms with E-state index in [0.717, 1.165) is 16.5 Å². The van der Waals surface area contributed by atoms with Crippen molar-refractivity contribution < 1.29 is 14.3 Å². The van der Waals surface area contributed by atoms with Crippen molar-refractivity contribution in [3.63, 3.8) is 0 Å². The molecule has 0 aliphatic rings. The lowest BCUT2D eigenvalue weighted by atomic mass is 10.0. The lowest BCUT2D eigenvalue weighted by Gasteiger charge is -2.15. The number of carbonyl (C=O) groups excluding carboxylic acids is 1. The lowest BCUT2D eigenvalue weighted by Crippen LogP contribution is -2.18. The fraction of sp³-hybridized carbons (Fsp3) is 0.0909. The second-order valence-electron chi connectivity index (χ2n) is 8.96. The van der Waals surface area contributed by atoms with Crippen LogP contribution in [0.1, 0.15) is 34.0 Å². The van der Waals surface area contributed by atoms with Crippen LogP contribution in [0.5, 0.6) is 11.5 Å². The quantitative estimate of drug-likeness (QED) is 0.152. The Bertz CT molecular complexity index is 1780. The molecule has 0 aliphatic heterocycles. The van der Waals surface area contributed by atoms with Crippen molar-refractivity contribution >= 4 is 34.6 Å². The molecule has 0 spiro atoms. The molecule has 0 saturated heterocycles.